The van der Waals surface area contributed by atoms with E-state index in [1.165, 1.54) is 22.3 Å². The Labute approximate surface area is 121 Å². The van der Waals surface area contributed by atoms with Crippen LogP contribution in [-0.2, 0) is 13.1 Å². The number of hydrogen-bond donors (Lipinski definition) is 1. The first kappa shape index (κ1) is 13.3. The molecule has 0 aliphatic carbocycles. The van der Waals surface area contributed by atoms with Gasteiger partial charge in [-0.25, -0.2) is 0 Å². The maximum Gasteiger partial charge on any atom is 0.0237 e. The summed E-state index contributed by atoms with van der Waals surface area (Å²) in [6, 6.07) is 17.6. The lowest BCUT2D eigenvalue weighted by molar-refractivity contribution is 0.293. The molecule has 1 aliphatic heterocycles. The van der Waals surface area contributed by atoms with Crippen molar-refractivity contribution >= 4 is 0 Å². The maximum atomic E-state index is 3.29. The summed E-state index contributed by atoms with van der Waals surface area (Å²) in [4.78, 5) is 2.43. The van der Waals surface area contributed by atoms with Gasteiger partial charge in [-0.15, -0.1) is 0 Å². The van der Waals surface area contributed by atoms with Crippen molar-refractivity contribution in [2.45, 2.75) is 19.0 Å². The first-order valence-corrected chi connectivity index (χ1v) is 7.28. The molecule has 1 aliphatic rings. The molecule has 0 amide bonds. The summed E-state index contributed by atoms with van der Waals surface area (Å²) < 4.78 is 0. The van der Waals surface area contributed by atoms with Crippen LogP contribution in [0.1, 0.15) is 28.2 Å². The van der Waals surface area contributed by atoms with Gasteiger partial charge < -0.3 is 10.2 Å². The quantitative estimate of drug-likeness (QED) is 0.919. The van der Waals surface area contributed by atoms with Gasteiger partial charge in [0.2, 0.25) is 0 Å². The van der Waals surface area contributed by atoms with E-state index in [2.05, 4.69) is 65.8 Å². The van der Waals surface area contributed by atoms with Crippen molar-refractivity contribution in [3.05, 3.63) is 70.8 Å². The Bertz CT molecular complexity index is 577. The van der Waals surface area contributed by atoms with Gasteiger partial charge >= 0.3 is 0 Å². The second-order valence-corrected chi connectivity index (χ2v) is 5.68. The lowest BCUT2D eigenvalue weighted by atomic mass is 9.83. The molecule has 1 unspecified atom stereocenters. The average molecular weight is 266 g/mol. The Morgan fingerprint density at radius 1 is 1.10 bits per heavy atom. The fourth-order valence-corrected chi connectivity index (χ4v) is 3.24. The van der Waals surface area contributed by atoms with Crippen molar-refractivity contribution in [3.8, 4) is 0 Å². The van der Waals surface area contributed by atoms with Crippen LogP contribution in [0.4, 0.5) is 0 Å². The number of hydrogen-bond acceptors (Lipinski definition) is 2. The predicted octanol–water partition coefficient (Wildman–Crippen LogP) is 2.98. The largest absolute Gasteiger partial charge is 0.316 e. The van der Waals surface area contributed by atoms with E-state index < -0.39 is 0 Å². The van der Waals surface area contributed by atoms with Gasteiger partial charge in [-0.05, 0) is 36.3 Å². The SMILES string of the molecule is CNCc1cccc2c1CN(C)CC2c1ccccc1. The molecule has 2 nitrogen and oxygen atoms in total. The Kier molecular flexibility index (Phi) is 3.86. The maximum absolute atomic E-state index is 3.29. The first-order chi connectivity index (χ1) is 9.79. The number of likely N-dealkylation sites (N-methyl/N-ethyl adjacent to an activating group) is 1. The van der Waals surface area contributed by atoms with Crippen LogP contribution in [0.15, 0.2) is 48.5 Å². The van der Waals surface area contributed by atoms with Crippen LogP contribution in [0.2, 0.25) is 0 Å². The molecule has 1 N–H and O–H groups in total. The second-order valence-electron chi connectivity index (χ2n) is 5.68. The Morgan fingerprint density at radius 3 is 2.65 bits per heavy atom. The highest BCUT2D eigenvalue weighted by atomic mass is 15.1. The van der Waals surface area contributed by atoms with Gasteiger partial charge in [0.05, 0.1) is 0 Å². The number of fused-ring (bicyclic) bond motifs is 1. The van der Waals surface area contributed by atoms with Gasteiger partial charge in [0.25, 0.3) is 0 Å². The number of rotatable bonds is 3. The van der Waals surface area contributed by atoms with E-state index in [-0.39, 0.29) is 0 Å². The van der Waals surface area contributed by atoms with Gasteiger partial charge in [0.1, 0.15) is 0 Å². The minimum Gasteiger partial charge on any atom is -0.316 e. The van der Waals surface area contributed by atoms with Crippen molar-refractivity contribution in [1.29, 1.82) is 0 Å². The normalized spacial score (nSPS) is 18.8. The fraction of sp³-hybridized carbons (Fsp3) is 0.333. The van der Waals surface area contributed by atoms with E-state index in [4.69, 9.17) is 0 Å². The summed E-state index contributed by atoms with van der Waals surface area (Å²) >= 11 is 0. The van der Waals surface area contributed by atoms with Crippen LogP contribution in [-0.4, -0.2) is 25.5 Å². The molecule has 2 aromatic rings. The van der Waals surface area contributed by atoms with Crippen LogP contribution in [0.25, 0.3) is 0 Å². The van der Waals surface area contributed by atoms with Crippen LogP contribution < -0.4 is 5.32 Å². The predicted molar refractivity (Wildman–Crippen MR) is 83.8 cm³/mol. The molecule has 0 bridgehead atoms. The molecule has 3 rings (SSSR count). The van der Waals surface area contributed by atoms with E-state index in [1.807, 2.05) is 7.05 Å². The van der Waals surface area contributed by atoms with Crippen molar-refractivity contribution in [2.75, 3.05) is 20.6 Å². The summed E-state index contributed by atoms with van der Waals surface area (Å²) in [6.07, 6.45) is 0. The molecule has 20 heavy (non-hydrogen) atoms. The van der Waals surface area contributed by atoms with E-state index in [9.17, 15) is 0 Å². The van der Waals surface area contributed by atoms with Gasteiger partial charge in [0, 0.05) is 25.6 Å². The van der Waals surface area contributed by atoms with Crippen LogP contribution >= 0.6 is 0 Å². The molecule has 2 heteroatoms. The molecule has 0 saturated carbocycles. The van der Waals surface area contributed by atoms with Crippen molar-refractivity contribution in [1.82, 2.24) is 10.2 Å². The summed E-state index contributed by atoms with van der Waals surface area (Å²) in [5, 5.41) is 3.29. The summed E-state index contributed by atoms with van der Waals surface area (Å²) in [7, 11) is 4.23. The van der Waals surface area contributed by atoms with Gasteiger partial charge in [-0.2, -0.15) is 0 Å². The molecule has 2 aromatic carbocycles. The highest BCUT2D eigenvalue weighted by Gasteiger charge is 2.25. The lowest BCUT2D eigenvalue weighted by Gasteiger charge is -2.34. The molecule has 1 heterocycles. The summed E-state index contributed by atoms with van der Waals surface area (Å²) in [5.74, 6) is 0.488. The number of benzene rings is 2. The third kappa shape index (κ3) is 2.49. The standard InChI is InChI=1S/C18H22N2/c1-19-11-15-9-6-10-16-17(12-20(2)13-18(15)16)14-7-4-3-5-8-14/h3-10,17,19H,11-13H2,1-2H3. The molecule has 0 radical (unpaired) electrons. The molecule has 0 saturated heterocycles. The van der Waals surface area contributed by atoms with E-state index in [0.717, 1.165) is 19.6 Å². The average Bonchev–Trinajstić information content (AvgIpc) is 2.48. The zero-order chi connectivity index (χ0) is 13.9. The molecular weight excluding hydrogens is 244 g/mol. The molecule has 0 aromatic heterocycles. The Morgan fingerprint density at radius 2 is 1.90 bits per heavy atom. The van der Waals surface area contributed by atoms with E-state index in [1.54, 1.807) is 0 Å². The fourth-order valence-electron chi connectivity index (χ4n) is 3.24. The van der Waals surface area contributed by atoms with E-state index in [0.29, 0.717) is 5.92 Å². The molecule has 1 atom stereocenters. The van der Waals surface area contributed by atoms with Crippen LogP contribution in [0.3, 0.4) is 0 Å². The molecule has 0 spiro atoms. The Hall–Kier alpha value is -1.64. The monoisotopic (exact) mass is 266 g/mol. The molecule has 0 fully saturated rings. The van der Waals surface area contributed by atoms with Crippen molar-refractivity contribution in [2.24, 2.45) is 0 Å². The summed E-state index contributed by atoms with van der Waals surface area (Å²) in [5.41, 5.74) is 5.85. The Balaban J connectivity index is 2.06. The number of nitrogens with one attached hydrogen (secondary N) is 1. The van der Waals surface area contributed by atoms with Gasteiger partial charge in [-0.3, -0.25) is 0 Å². The van der Waals surface area contributed by atoms with Gasteiger partial charge in [-0.1, -0.05) is 48.5 Å². The number of nitrogens with zero attached hydrogens (tertiary/aromatic N) is 1. The van der Waals surface area contributed by atoms with Crippen molar-refractivity contribution in [3.63, 3.8) is 0 Å². The van der Waals surface area contributed by atoms with E-state index >= 15 is 0 Å². The minimum absolute atomic E-state index is 0.488. The van der Waals surface area contributed by atoms with Crippen LogP contribution in [0, 0.1) is 0 Å². The lowest BCUT2D eigenvalue weighted by Crippen LogP contribution is -2.32. The smallest absolute Gasteiger partial charge is 0.0237 e. The molecular formula is C18H22N2. The van der Waals surface area contributed by atoms with Crippen LogP contribution in [0.5, 0.6) is 0 Å². The third-order valence-corrected chi connectivity index (χ3v) is 4.18. The third-order valence-electron chi connectivity index (χ3n) is 4.18. The second kappa shape index (κ2) is 5.78. The molecule has 104 valence electrons. The van der Waals surface area contributed by atoms with Gasteiger partial charge in [0.15, 0.2) is 0 Å². The highest BCUT2D eigenvalue weighted by molar-refractivity contribution is 5.44. The zero-order valence-electron chi connectivity index (χ0n) is 12.3. The zero-order valence-corrected chi connectivity index (χ0v) is 12.3. The topological polar surface area (TPSA) is 15.3 Å². The first-order valence-electron chi connectivity index (χ1n) is 7.28. The highest BCUT2D eigenvalue weighted by Crippen LogP contribution is 2.34. The van der Waals surface area contributed by atoms with Crippen molar-refractivity contribution < 1.29 is 0 Å². The summed E-state index contributed by atoms with van der Waals surface area (Å²) in [6.45, 7) is 3.09. The minimum atomic E-state index is 0.488.